The van der Waals surface area contributed by atoms with E-state index in [1.165, 1.54) is 6.33 Å². The maximum Gasteiger partial charge on any atom is 0.276 e. The summed E-state index contributed by atoms with van der Waals surface area (Å²) in [5.41, 5.74) is 0.530. The van der Waals surface area contributed by atoms with Crippen LogP contribution in [-0.2, 0) is 16.1 Å². The smallest absolute Gasteiger partial charge is 0.276 e. The fourth-order valence-electron chi connectivity index (χ4n) is 4.41. The number of nitrogens with one attached hydrogen (secondary N) is 2. The van der Waals surface area contributed by atoms with Gasteiger partial charge in [0, 0.05) is 19.2 Å². The first-order valence-electron chi connectivity index (χ1n) is 12.0. The maximum absolute atomic E-state index is 13.7. The first-order valence-corrected chi connectivity index (χ1v) is 12.4. The van der Waals surface area contributed by atoms with Crippen molar-refractivity contribution in [1.82, 2.24) is 19.8 Å². The van der Waals surface area contributed by atoms with Gasteiger partial charge in [0.2, 0.25) is 5.91 Å². The van der Waals surface area contributed by atoms with Crippen LogP contribution in [0.4, 0.5) is 5.69 Å². The third-order valence-corrected chi connectivity index (χ3v) is 6.63. The lowest BCUT2D eigenvalue weighted by Crippen LogP contribution is -2.64. The molecule has 0 spiro atoms. The van der Waals surface area contributed by atoms with E-state index in [2.05, 4.69) is 15.6 Å². The van der Waals surface area contributed by atoms with Crippen molar-refractivity contribution in [2.75, 3.05) is 18.5 Å². The number of hydrogen-bond donors (Lipinski definition) is 2. The number of anilines is 1. The number of ether oxygens (including phenoxy) is 1. The van der Waals surface area contributed by atoms with Crippen LogP contribution >= 0.6 is 11.6 Å². The Kier molecular flexibility index (Phi) is 7.19. The monoisotopic (exact) mass is 501 g/mol. The summed E-state index contributed by atoms with van der Waals surface area (Å²) in [7, 11) is 0. The molecule has 1 atom stereocenters. The van der Waals surface area contributed by atoms with Gasteiger partial charge in [-0.3, -0.25) is 14.4 Å². The van der Waals surface area contributed by atoms with E-state index in [0.717, 1.165) is 18.4 Å². The minimum atomic E-state index is -1.08. The molecule has 10 heteroatoms. The van der Waals surface area contributed by atoms with Gasteiger partial charge < -0.3 is 24.8 Å². The van der Waals surface area contributed by atoms with Gasteiger partial charge in [-0.2, -0.15) is 0 Å². The van der Waals surface area contributed by atoms with Crippen LogP contribution in [0, 0.1) is 6.92 Å². The van der Waals surface area contributed by atoms with Gasteiger partial charge in [0.05, 0.1) is 29.7 Å². The number of halogens is 1. The Labute approximate surface area is 210 Å². The van der Waals surface area contributed by atoms with E-state index >= 15 is 0 Å². The van der Waals surface area contributed by atoms with Crippen molar-refractivity contribution in [1.29, 1.82) is 0 Å². The zero-order valence-electron chi connectivity index (χ0n) is 20.6. The van der Waals surface area contributed by atoms with Crippen molar-refractivity contribution in [3.63, 3.8) is 0 Å². The van der Waals surface area contributed by atoms with Crippen LogP contribution in [0.2, 0.25) is 5.02 Å². The van der Waals surface area contributed by atoms with Gasteiger partial charge in [-0.1, -0.05) is 17.7 Å². The zero-order valence-corrected chi connectivity index (χ0v) is 21.3. The number of carbonyl (C=O) groups excluding carboxylic acids is 3. The largest absolute Gasteiger partial charge is 0.379 e. The molecular formula is C25H32ClN5O4. The fourth-order valence-corrected chi connectivity index (χ4v) is 4.69. The summed E-state index contributed by atoms with van der Waals surface area (Å²) >= 11 is 6.26. The topological polar surface area (TPSA) is 106 Å². The third-order valence-electron chi connectivity index (χ3n) is 6.32. The standard InChI is InChI=1S/C25H32ClN5O4/c1-15(2)35-11-5-10-27-24(34)25(4)13-30-14-28-20(21(30)23(33)31(25)17-7-8-17)22(32)29-19-9-6-16(3)12-18(19)26/h6,9,12,14-15,17H,5,7-8,10-11,13H2,1-4H3,(H,27,34)(H,29,32). The van der Waals surface area contributed by atoms with E-state index in [1.54, 1.807) is 28.5 Å². The third kappa shape index (κ3) is 5.21. The van der Waals surface area contributed by atoms with Crippen LogP contribution in [0.5, 0.6) is 0 Å². The lowest BCUT2D eigenvalue weighted by Gasteiger charge is -2.44. The van der Waals surface area contributed by atoms with E-state index in [-0.39, 0.29) is 41.9 Å². The Morgan fingerprint density at radius 2 is 2.06 bits per heavy atom. The van der Waals surface area contributed by atoms with E-state index in [9.17, 15) is 14.4 Å². The molecule has 2 aliphatic rings. The molecule has 3 amide bonds. The molecule has 4 rings (SSSR count). The summed E-state index contributed by atoms with van der Waals surface area (Å²) in [5.74, 6) is -1.11. The second-order valence-corrected chi connectivity index (χ2v) is 10.1. The number of imidazole rings is 1. The van der Waals surface area contributed by atoms with Gasteiger partial charge in [-0.15, -0.1) is 0 Å². The van der Waals surface area contributed by atoms with Crippen LogP contribution in [0.15, 0.2) is 24.5 Å². The highest BCUT2D eigenvalue weighted by molar-refractivity contribution is 6.34. The predicted octanol–water partition coefficient (Wildman–Crippen LogP) is 3.41. The number of nitrogens with zero attached hydrogens (tertiary/aromatic N) is 3. The molecular weight excluding hydrogens is 470 g/mol. The summed E-state index contributed by atoms with van der Waals surface area (Å²) in [6.45, 7) is 8.83. The molecule has 1 aromatic heterocycles. The highest BCUT2D eigenvalue weighted by Crippen LogP contribution is 2.39. The van der Waals surface area contributed by atoms with E-state index in [0.29, 0.717) is 30.3 Å². The second-order valence-electron chi connectivity index (χ2n) is 9.72. The zero-order chi connectivity index (χ0) is 25.3. The fraction of sp³-hybridized carbons (Fsp3) is 0.520. The number of aryl methyl sites for hydroxylation is 1. The number of aromatic nitrogens is 2. The molecule has 0 bridgehead atoms. The summed E-state index contributed by atoms with van der Waals surface area (Å²) in [5, 5.41) is 6.12. The number of carbonyl (C=O) groups is 3. The highest BCUT2D eigenvalue weighted by atomic mass is 35.5. The van der Waals surface area contributed by atoms with Gasteiger partial charge in [-0.25, -0.2) is 4.98 Å². The lowest BCUT2D eigenvalue weighted by atomic mass is 9.94. The average molecular weight is 502 g/mol. The SMILES string of the molecule is Cc1ccc(NC(=O)c2ncn3c2C(=O)N(C2CC2)C(C)(C(=O)NCCCOC(C)C)C3)c(Cl)c1. The normalized spacial score (nSPS) is 19.6. The summed E-state index contributed by atoms with van der Waals surface area (Å²) in [6, 6.07) is 5.26. The van der Waals surface area contributed by atoms with E-state index in [4.69, 9.17) is 16.3 Å². The van der Waals surface area contributed by atoms with Crippen molar-refractivity contribution >= 4 is 35.0 Å². The molecule has 0 radical (unpaired) electrons. The highest BCUT2D eigenvalue weighted by Gasteiger charge is 2.53. The number of benzene rings is 1. The van der Waals surface area contributed by atoms with Crippen molar-refractivity contribution in [3.05, 3.63) is 46.5 Å². The molecule has 188 valence electrons. The number of rotatable bonds is 9. The first-order chi connectivity index (χ1) is 16.6. The van der Waals surface area contributed by atoms with Crippen LogP contribution in [0.1, 0.15) is 66.6 Å². The molecule has 1 fully saturated rings. The number of fused-ring (bicyclic) bond motifs is 1. The lowest BCUT2D eigenvalue weighted by molar-refractivity contribution is -0.133. The van der Waals surface area contributed by atoms with Crippen molar-refractivity contribution in [2.45, 2.75) is 71.2 Å². The van der Waals surface area contributed by atoms with Crippen LogP contribution in [0.3, 0.4) is 0 Å². The molecule has 1 saturated carbocycles. The first kappa shape index (κ1) is 25.2. The second kappa shape index (κ2) is 9.99. The van der Waals surface area contributed by atoms with Crippen molar-refractivity contribution < 1.29 is 19.1 Å². The molecule has 2 N–H and O–H groups in total. The summed E-state index contributed by atoms with van der Waals surface area (Å²) in [6.07, 6.45) is 3.92. The molecule has 2 heterocycles. The van der Waals surface area contributed by atoms with Crippen molar-refractivity contribution in [3.8, 4) is 0 Å². The predicted molar refractivity (Wildman–Crippen MR) is 133 cm³/mol. The van der Waals surface area contributed by atoms with Crippen LogP contribution in [0.25, 0.3) is 0 Å². The van der Waals surface area contributed by atoms with Crippen molar-refractivity contribution in [2.24, 2.45) is 0 Å². The Bertz CT molecular complexity index is 1140. The van der Waals surface area contributed by atoms with Gasteiger partial charge in [0.25, 0.3) is 11.8 Å². The minimum absolute atomic E-state index is 0.0191. The molecule has 35 heavy (non-hydrogen) atoms. The molecule has 2 aromatic rings. The minimum Gasteiger partial charge on any atom is -0.379 e. The Morgan fingerprint density at radius 3 is 2.71 bits per heavy atom. The number of hydrogen-bond acceptors (Lipinski definition) is 5. The van der Waals surface area contributed by atoms with Gasteiger partial charge >= 0.3 is 0 Å². The Morgan fingerprint density at radius 1 is 1.31 bits per heavy atom. The quantitative estimate of drug-likeness (QED) is 0.512. The molecule has 1 unspecified atom stereocenters. The molecule has 1 aliphatic carbocycles. The maximum atomic E-state index is 13.7. The Balaban J connectivity index is 1.54. The molecule has 1 aliphatic heterocycles. The Hall–Kier alpha value is -2.91. The molecule has 1 aromatic carbocycles. The van der Waals surface area contributed by atoms with Gasteiger partial charge in [-0.05, 0) is 64.7 Å². The van der Waals surface area contributed by atoms with Crippen LogP contribution in [-0.4, -0.2) is 63.0 Å². The van der Waals surface area contributed by atoms with Crippen LogP contribution < -0.4 is 10.6 Å². The molecule has 0 saturated heterocycles. The number of amides is 3. The van der Waals surface area contributed by atoms with E-state index < -0.39 is 11.4 Å². The van der Waals surface area contributed by atoms with Gasteiger partial charge in [0.1, 0.15) is 11.2 Å². The average Bonchev–Trinajstić information content (AvgIpc) is 3.52. The summed E-state index contributed by atoms with van der Waals surface area (Å²) in [4.78, 5) is 45.9. The van der Waals surface area contributed by atoms with E-state index in [1.807, 2.05) is 26.8 Å². The summed E-state index contributed by atoms with van der Waals surface area (Å²) < 4.78 is 7.14. The molecule has 9 nitrogen and oxygen atoms in total. The van der Waals surface area contributed by atoms with Gasteiger partial charge in [0.15, 0.2) is 5.69 Å².